The molecular formula is C24H20F3N3O2. The number of para-hydroxylation sites is 1. The summed E-state index contributed by atoms with van der Waals surface area (Å²) in [5.41, 5.74) is 1.31. The number of nitrogens with one attached hydrogen (secondary N) is 2. The van der Waals surface area contributed by atoms with E-state index in [9.17, 15) is 22.8 Å². The van der Waals surface area contributed by atoms with Crippen LogP contribution in [-0.4, -0.2) is 18.5 Å². The SMILES string of the molecule is O=C(Nc1ccc2c(c1)N(C(=O)c1ccccc1)CCC2)Nc1ccccc1C(F)(F)F. The minimum atomic E-state index is -4.59. The largest absolute Gasteiger partial charge is 0.418 e. The lowest BCUT2D eigenvalue weighted by Crippen LogP contribution is -2.35. The Balaban J connectivity index is 1.54. The molecule has 1 heterocycles. The van der Waals surface area contributed by atoms with Crippen LogP contribution in [0, 0.1) is 0 Å². The molecule has 0 fully saturated rings. The van der Waals surface area contributed by atoms with Crippen LogP contribution in [-0.2, 0) is 12.6 Å². The van der Waals surface area contributed by atoms with E-state index < -0.39 is 17.8 Å². The highest BCUT2D eigenvalue weighted by atomic mass is 19.4. The van der Waals surface area contributed by atoms with Crippen molar-refractivity contribution in [2.75, 3.05) is 22.1 Å². The summed E-state index contributed by atoms with van der Waals surface area (Å²) in [4.78, 5) is 27.0. The van der Waals surface area contributed by atoms with E-state index in [1.165, 1.54) is 18.2 Å². The molecule has 0 saturated heterocycles. The average molecular weight is 439 g/mol. The van der Waals surface area contributed by atoms with Gasteiger partial charge in [-0.15, -0.1) is 0 Å². The highest BCUT2D eigenvalue weighted by Gasteiger charge is 2.33. The van der Waals surface area contributed by atoms with Gasteiger partial charge >= 0.3 is 12.2 Å². The van der Waals surface area contributed by atoms with Gasteiger partial charge < -0.3 is 15.5 Å². The summed E-state index contributed by atoms with van der Waals surface area (Å²) in [5.74, 6) is -0.146. The highest BCUT2D eigenvalue weighted by molar-refractivity contribution is 6.07. The minimum absolute atomic E-state index is 0.146. The first-order valence-electron chi connectivity index (χ1n) is 10.1. The molecule has 4 rings (SSSR count). The zero-order valence-corrected chi connectivity index (χ0v) is 16.9. The maximum atomic E-state index is 13.2. The maximum absolute atomic E-state index is 13.2. The molecule has 2 N–H and O–H groups in total. The highest BCUT2D eigenvalue weighted by Crippen LogP contribution is 2.35. The zero-order chi connectivity index (χ0) is 22.7. The summed E-state index contributed by atoms with van der Waals surface area (Å²) in [5, 5.41) is 4.82. The van der Waals surface area contributed by atoms with Crippen molar-refractivity contribution in [3.63, 3.8) is 0 Å². The van der Waals surface area contributed by atoms with Gasteiger partial charge in [-0.25, -0.2) is 4.79 Å². The summed E-state index contributed by atoms with van der Waals surface area (Å²) in [6, 6.07) is 18.0. The molecule has 0 unspecified atom stereocenters. The van der Waals surface area contributed by atoms with Crippen molar-refractivity contribution >= 4 is 29.0 Å². The van der Waals surface area contributed by atoms with Crippen LogP contribution < -0.4 is 15.5 Å². The van der Waals surface area contributed by atoms with Crippen molar-refractivity contribution in [1.82, 2.24) is 0 Å². The first-order chi connectivity index (χ1) is 15.3. The van der Waals surface area contributed by atoms with Gasteiger partial charge in [-0.05, 0) is 54.8 Å². The van der Waals surface area contributed by atoms with Crippen LogP contribution in [0.3, 0.4) is 0 Å². The smallest absolute Gasteiger partial charge is 0.308 e. The number of hydrogen-bond acceptors (Lipinski definition) is 2. The van der Waals surface area contributed by atoms with Crippen molar-refractivity contribution in [2.24, 2.45) is 0 Å². The first kappa shape index (κ1) is 21.4. The van der Waals surface area contributed by atoms with Crippen molar-refractivity contribution in [3.05, 3.63) is 89.5 Å². The van der Waals surface area contributed by atoms with Gasteiger partial charge in [0.05, 0.1) is 11.3 Å². The normalized spacial score (nSPS) is 13.3. The van der Waals surface area contributed by atoms with Crippen LogP contribution in [0.4, 0.5) is 35.0 Å². The molecule has 0 aromatic heterocycles. The lowest BCUT2D eigenvalue weighted by Gasteiger charge is -2.30. The zero-order valence-electron chi connectivity index (χ0n) is 16.9. The molecule has 8 heteroatoms. The predicted octanol–water partition coefficient (Wildman–Crippen LogP) is 5.94. The van der Waals surface area contributed by atoms with Gasteiger partial charge in [0.2, 0.25) is 0 Å². The van der Waals surface area contributed by atoms with Gasteiger partial charge in [0.1, 0.15) is 0 Å². The lowest BCUT2D eigenvalue weighted by atomic mass is 10.00. The van der Waals surface area contributed by atoms with Gasteiger partial charge in [-0.3, -0.25) is 4.79 Å². The molecule has 32 heavy (non-hydrogen) atoms. The van der Waals surface area contributed by atoms with Gasteiger partial charge in [0.25, 0.3) is 5.91 Å². The molecule has 5 nitrogen and oxygen atoms in total. The van der Waals surface area contributed by atoms with E-state index in [4.69, 9.17) is 0 Å². The van der Waals surface area contributed by atoms with Crippen LogP contribution >= 0.6 is 0 Å². The second-order valence-electron chi connectivity index (χ2n) is 7.39. The lowest BCUT2D eigenvalue weighted by molar-refractivity contribution is -0.136. The Morgan fingerprint density at radius 2 is 1.59 bits per heavy atom. The number of urea groups is 1. The monoisotopic (exact) mass is 439 g/mol. The fraction of sp³-hybridized carbons (Fsp3) is 0.167. The summed E-state index contributed by atoms with van der Waals surface area (Å²) < 4.78 is 39.5. The Kier molecular flexibility index (Phi) is 5.85. The van der Waals surface area contributed by atoms with Gasteiger partial charge in [0, 0.05) is 23.5 Å². The number of fused-ring (bicyclic) bond motifs is 1. The molecule has 0 radical (unpaired) electrons. The summed E-state index contributed by atoms with van der Waals surface area (Å²) in [6.45, 7) is 0.537. The van der Waals surface area contributed by atoms with Crippen LogP contribution in [0.1, 0.15) is 27.9 Å². The molecule has 0 aliphatic carbocycles. The number of rotatable bonds is 3. The number of carbonyl (C=O) groups is 2. The summed E-state index contributed by atoms with van der Waals surface area (Å²) in [6.07, 6.45) is -2.99. The molecule has 0 spiro atoms. The van der Waals surface area contributed by atoms with Crippen LogP contribution in [0.2, 0.25) is 0 Å². The number of aryl methyl sites for hydroxylation is 1. The van der Waals surface area contributed by atoms with Gasteiger partial charge in [0.15, 0.2) is 0 Å². The van der Waals surface area contributed by atoms with Crippen molar-refractivity contribution in [3.8, 4) is 0 Å². The Bertz CT molecular complexity index is 1150. The van der Waals surface area contributed by atoms with Crippen LogP contribution in [0.5, 0.6) is 0 Å². The summed E-state index contributed by atoms with van der Waals surface area (Å²) >= 11 is 0. The van der Waals surface area contributed by atoms with Crippen molar-refractivity contribution in [2.45, 2.75) is 19.0 Å². The molecule has 3 amide bonds. The Morgan fingerprint density at radius 1 is 0.875 bits per heavy atom. The summed E-state index contributed by atoms with van der Waals surface area (Å²) in [7, 11) is 0. The van der Waals surface area contributed by atoms with E-state index in [2.05, 4.69) is 10.6 Å². The molecule has 0 saturated carbocycles. The topological polar surface area (TPSA) is 61.4 Å². The van der Waals surface area contributed by atoms with Crippen LogP contribution in [0.15, 0.2) is 72.8 Å². The molecule has 0 atom stereocenters. The molecule has 3 aromatic carbocycles. The average Bonchev–Trinajstić information content (AvgIpc) is 2.78. The fourth-order valence-corrected chi connectivity index (χ4v) is 3.72. The quantitative estimate of drug-likeness (QED) is 0.530. The maximum Gasteiger partial charge on any atom is 0.418 e. The third-order valence-electron chi connectivity index (χ3n) is 5.21. The number of anilines is 3. The minimum Gasteiger partial charge on any atom is -0.308 e. The third-order valence-corrected chi connectivity index (χ3v) is 5.21. The Morgan fingerprint density at radius 3 is 2.34 bits per heavy atom. The molecular weight excluding hydrogens is 419 g/mol. The van der Waals surface area contributed by atoms with Crippen molar-refractivity contribution < 1.29 is 22.8 Å². The molecule has 1 aliphatic heterocycles. The number of nitrogens with zero attached hydrogens (tertiary/aromatic N) is 1. The second-order valence-corrected chi connectivity index (χ2v) is 7.39. The molecule has 164 valence electrons. The van der Waals surface area contributed by atoms with Gasteiger partial charge in [-0.2, -0.15) is 13.2 Å². The molecule has 1 aliphatic rings. The Labute approximate surface area is 182 Å². The Hall–Kier alpha value is -3.81. The molecule has 0 bridgehead atoms. The number of carbonyl (C=O) groups excluding carboxylic acids is 2. The van der Waals surface area contributed by atoms with E-state index in [0.29, 0.717) is 23.5 Å². The second kappa shape index (κ2) is 8.74. The van der Waals surface area contributed by atoms with Crippen LogP contribution in [0.25, 0.3) is 0 Å². The number of benzene rings is 3. The van der Waals surface area contributed by atoms with Gasteiger partial charge in [-0.1, -0.05) is 36.4 Å². The fourth-order valence-electron chi connectivity index (χ4n) is 3.72. The van der Waals surface area contributed by atoms with E-state index in [1.54, 1.807) is 41.3 Å². The number of halogens is 3. The van der Waals surface area contributed by atoms with E-state index in [-0.39, 0.29) is 11.6 Å². The predicted molar refractivity (Wildman–Crippen MR) is 117 cm³/mol. The first-order valence-corrected chi connectivity index (χ1v) is 10.1. The van der Waals surface area contributed by atoms with E-state index in [0.717, 1.165) is 24.5 Å². The number of amides is 3. The number of alkyl halides is 3. The van der Waals surface area contributed by atoms with E-state index >= 15 is 0 Å². The standard InChI is InChI=1S/C24H20F3N3O2/c25-24(26,27)19-10-4-5-11-20(19)29-23(32)28-18-13-12-16-9-6-14-30(21(16)15-18)22(31)17-7-2-1-3-8-17/h1-5,7-8,10-13,15H,6,9,14H2,(H2,28,29,32). The number of hydrogen-bond donors (Lipinski definition) is 2. The third kappa shape index (κ3) is 4.59. The molecule has 3 aromatic rings. The van der Waals surface area contributed by atoms with Crippen molar-refractivity contribution in [1.29, 1.82) is 0 Å². The van der Waals surface area contributed by atoms with E-state index in [1.807, 2.05) is 12.1 Å².